The third-order valence-electron chi connectivity index (χ3n) is 5.88. The number of hydrogen-bond donors (Lipinski definition) is 0. The molecule has 1 fully saturated rings. The molecule has 0 aliphatic carbocycles. The van der Waals surface area contributed by atoms with Crippen LogP contribution in [0.4, 0.5) is 16.5 Å². The first-order chi connectivity index (χ1) is 17.5. The molecule has 11 heteroatoms. The SMILES string of the molecule is COc1ccc2sc(N(Cc3ccccn3)C(=O)c3ccc(N4CCOCC4)c([N+](=O)[O-])c3)nc2c1. The predicted molar refractivity (Wildman–Crippen MR) is 137 cm³/mol. The van der Waals surface area contributed by atoms with Gasteiger partial charge in [0.2, 0.25) is 0 Å². The van der Waals surface area contributed by atoms with Gasteiger partial charge in [-0.15, -0.1) is 0 Å². The second-order valence-corrected chi connectivity index (χ2v) is 9.11. The fourth-order valence-electron chi connectivity index (χ4n) is 4.05. The number of nitro groups is 1. The fourth-order valence-corrected chi connectivity index (χ4v) is 4.99. The zero-order chi connectivity index (χ0) is 25.1. The number of nitro benzene ring substituents is 1. The molecule has 0 unspecified atom stereocenters. The maximum absolute atomic E-state index is 13.8. The summed E-state index contributed by atoms with van der Waals surface area (Å²) in [4.78, 5) is 37.7. The average Bonchev–Trinajstić information content (AvgIpc) is 3.35. The van der Waals surface area contributed by atoms with Gasteiger partial charge >= 0.3 is 0 Å². The number of morpholine rings is 1. The standard InChI is InChI=1S/C25H23N5O5S/c1-34-19-6-8-23-20(15-19)27-25(36-23)29(16-18-4-2-3-9-26-18)24(31)17-5-7-21(22(14-17)30(32)33)28-10-12-35-13-11-28/h2-9,14-15H,10-13,16H2,1H3. The van der Waals surface area contributed by atoms with Gasteiger partial charge in [-0.2, -0.15) is 0 Å². The highest BCUT2D eigenvalue weighted by molar-refractivity contribution is 7.22. The van der Waals surface area contributed by atoms with Crippen LogP contribution < -0.4 is 14.5 Å². The highest BCUT2D eigenvalue weighted by atomic mass is 32.1. The van der Waals surface area contributed by atoms with Crippen LogP contribution in [-0.2, 0) is 11.3 Å². The van der Waals surface area contributed by atoms with Gasteiger partial charge in [0, 0.05) is 37.0 Å². The van der Waals surface area contributed by atoms with Crippen molar-refractivity contribution in [3.63, 3.8) is 0 Å². The van der Waals surface area contributed by atoms with Crippen molar-refractivity contribution in [3.05, 3.63) is 82.2 Å². The molecule has 2 aromatic carbocycles. The minimum absolute atomic E-state index is 0.116. The van der Waals surface area contributed by atoms with E-state index in [1.807, 2.05) is 29.2 Å². The van der Waals surface area contributed by atoms with E-state index in [0.717, 1.165) is 4.70 Å². The third-order valence-corrected chi connectivity index (χ3v) is 6.94. The van der Waals surface area contributed by atoms with Gasteiger partial charge in [-0.3, -0.25) is 24.8 Å². The van der Waals surface area contributed by atoms with Gasteiger partial charge in [0.25, 0.3) is 11.6 Å². The number of amides is 1. The Bertz CT molecular complexity index is 1400. The monoisotopic (exact) mass is 505 g/mol. The van der Waals surface area contributed by atoms with Gasteiger partial charge in [0.1, 0.15) is 11.4 Å². The molecular weight excluding hydrogens is 482 g/mol. The lowest BCUT2D eigenvalue weighted by Crippen LogP contribution is -2.36. The molecule has 0 N–H and O–H groups in total. The summed E-state index contributed by atoms with van der Waals surface area (Å²) < 4.78 is 11.6. The molecular formula is C25H23N5O5S. The van der Waals surface area contributed by atoms with Gasteiger partial charge in [0.15, 0.2) is 5.13 Å². The smallest absolute Gasteiger partial charge is 0.293 e. The zero-order valence-electron chi connectivity index (χ0n) is 19.5. The van der Waals surface area contributed by atoms with Crippen LogP contribution in [0.1, 0.15) is 16.1 Å². The van der Waals surface area contributed by atoms with Crippen molar-refractivity contribution in [2.45, 2.75) is 6.54 Å². The van der Waals surface area contributed by atoms with Crippen molar-refractivity contribution in [1.29, 1.82) is 0 Å². The van der Waals surface area contributed by atoms with E-state index in [2.05, 4.69) is 9.97 Å². The lowest BCUT2D eigenvalue weighted by Gasteiger charge is -2.28. The number of hydrogen-bond acceptors (Lipinski definition) is 9. The summed E-state index contributed by atoms with van der Waals surface area (Å²) in [5.41, 5.74) is 1.92. The van der Waals surface area contributed by atoms with Crippen LogP contribution in [0.2, 0.25) is 0 Å². The summed E-state index contributed by atoms with van der Waals surface area (Å²) in [5.74, 6) is 0.264. The molecule has 0 spiro atoms. The first-order valence-electron chi connectivity index (χ1n) is 11.3. The number of carbonyl (C=O) groups is 1. The van der Waals surface area contributed by atoms with Crippen LogP contribution in [0.25, 0.3) is 10.2 Å². The quantitative estimate of drug-likeness (QED) is 0.270. The van der Waals surface area contributed by atoms with Crippen molar-refractivity contribution in [1.82, 2.24) is 9.97 Å². The number of benzene rings is 2. The summed E-state index contributed by atoms with van der Waals surface area (Å²) in [6, 6.07) is 15.6. The van der Waals surface area contributed by atoms with Crippen LogP contribution in [0, 0.1) is 10.1 Å². The Morgan fingerprint density at radius 1 is 1.19 bits per heavy atom. The number of thiazole rings is 1. The van der Waals surface area contributed by atoms with E-state index in [0.29, 0.717) is 54.1 Å². The Kier molecular flexibility index (Phi) is 6.74. The van der Waals surface area contributed by atoms with Crippen molar-refractivity contribution in [2.24, 2.45) is 0 Å². The number of ether oxygens (including phenoxy) is 2. The van der Waals surface area contributed by atoms with Crippen LogP contribution in [-0.4, -0.2) is 54.2 Å². The van der Waals surface area contributed by atoms with Crippen LogP contribution in [0.5, 0.6) is 5.75 Å². The highest BCUT2D eigenvalue weighted by Crippen LogP contribution is 2.34. The largest absolute Gasteiger partial charge is 0.497 e. The van der Waals surface area contributed by atoms with Gasteiger partial charge < -0.3 is 14.4 Å². The fraction of sp³-hybridized carbons (Fsp3) is 0.240. The molecule has 0 atom stereocenters. The highest BCUT2D eigenvalue weighted by Gasteiger charge is 2.27. The molecule has 5 rings (SSSR count). The van der Waals surface area contributed by atoms with Crippen LogP contribution in [0.15, 0.2) is 60.8 Å². The number of fused-ring (bicyclic) bond motifs is 1. The Labute approximate surface area is 210 Å². The molecule has 0 saturated carbocycles. The lowest BCUT2D eigenvalue weighted by molar-refractivity contribution is -0.384. The van der Waals surface area contributed by atoms with Crippen LogP contribution in [0.3, 0.4) is 0 Å². The molecule has 0 bridgehead atoms. The minimum Gasteiger partial charge on any atom is -0.497 e. The Hall–Kier alpha value is -4.09. The van der Waals surface area contributed by atoms with Gasteiger partial charge in [0.05, 0.1) is 47.7 Å². The minimum atomic E-state index is -0.450. The maximum atomic E-state index is 13.8. The summed E-state index contributed by atoms with van der Waals surface area (Å²) in [5, 5.41) is 12.4. The number of anilines is 2. The molecule has 1 aliphatic rings. The molecule has 10 nitrogen and oxygen atoms in total. The number of methoxy groups -OCH3 is 1. The van der Waals surface area contributed by atoms with E-state index in [4.69, 9.17) is 9.47 Å². The van der Waals surface area contributed by atoms with Gasteiger partial charge in [-0.25, -0.2) is 4.98 Å². The first-order valence-corrected chi connectivity index (χ1v) is 12.1. The molecule has 1 saturated heterocycles. The second-order valence-electron chi connectivity index (χ2n) is 8.10. The molecule has 36 heavy (non-hydrogen) atoms. The Morgan fingerprint density at radius 2 is 2.03 bits per heavy atom. The van der Waals surface area contributed by atoms with Crippen molar-refractivity contribution in [2.75, 3.05) is 43.2 Å². The van der Waals surface area contributed by atoms with E-state index >= 15 is 0 Å². The first kappa shape index (κ1) is 23.6. The maximum Gasteiger partial charge on any atom is 0.293 e. The predicted octanol–water partition coefficient (Wildman–Crippen LogP) is 4.29. The van der Waals surface area contributed by atoms with Crippen molar-refractivity contribution in [3.8, 4) is 5.75 Å². The summed E-state index contributed by atoms with van der Waals surface area (Å²) >= 11 is 1.36. The van der Waals surface area contributed by atoms with E-state index < -0.39 is 10.8 Å². The van der Waals surface area contributed by atoms with E-state index in [1.165, 1.54) is 22.3 Å². The van der Waals surface area contributed by atoms with Crippen LogP contribution >= 0.6 is 11.3 Å². The average molecular weight is 506 g/mol. The van der Waals surface area contributed by atoms with Crippen molar-refractivity contribution >= 4 is 44.0 Å². The number of pyridine rings is 1. The number of nitrogens with zero attached hydrogens (tertiary/aromatic N) is 5. The molecule has 1 amide bonds. The van der Waals surface area contributed by atoms with Crippen molar-refractivity contribution < 1.29 is 19.2 Å². The number of rotatable bonds is 7. The molecule has 4 aromatic rings. The number of aromatic nitrogens is 2. The lowest BCUT2D eigenvalue weighted by atomic mass is 10.1. The van der Waals surface area contributed by atoms with Gasteiger partial charge in [-0.05, 0) is 36.4 Å². The molecule has 184 valence electrons. The zero-order valence-corrected chi connectivity index (χ0v) is 20.3. The topological polar surface area (TPSA) is 111 Å². The van der Waals surface area contributed by atoms with Gasteiger partial charge in [-0.1, -0.05) is 17.4 Å². The second kappa shape index (κ2) is 10.3. The normalized spacial score (nSPS) is 13.5. The number of carbonyl (C=O) groups excluding carboxylic acids is 1. The van der Waals surface area contributed by atoms with E-state index in [-0.39, 0.29) is 17.8 Å². The Balaban J connectivity index is 1.54. The van der Waals surface area contributed by atoms with E-state index in [1.54, 1.807) is 37.6 Å². The summed E-state index contributed by atoms with van der Waals surface area (Å²) in [7, 11) is 1.58. The Morgan fingerprint density at radius 3 is 2.75 bits per heavy atom. The molecule has 3 heterocycles. The molecule has 2 aromatic heterocycles. The van der Waals surface area contributed by atoms with E-state index in [9.17, 15) is 14.9 Å². The summed E-state index contributed by atoms with van der Waals surface area (Å²) in [6.45, 7) is 2.26. The molecule has 1 aliphatic heterocycles. The summed E-state index contributed by atoms with van der Waals surface area (Å²) in [6.07, 6.45) is 1.66. The molecule has 0 radical (unpaired) electrons. The third kappa shape index (κ3) is 4.83.